The van der Waals surface area contributed by atoms with E-state index in [9.17, 15) is 59.4 Å². The first kappa shape index (κ1) is 83.1. The van der Waals surface area contributed by atoms with Crippen molar-refractivity contribution in [3.8, 4) is 17.2 Å². The van der Waals surface area contributed by atoms with Crippen LogP contribution in [0.15, 0.2) is 54.6 Å². The van der Waals surface area contributed by atoms with E-state index in [1.54, 1.807) is 0 Å². The van der Waals surface area contributed by atoms with Gasteiger partial charge in [-0.05, 0) is 271 Å². The maximum Gasteiger partial charge on any atom is 0.344 e. The normalized spacial score (nSPS) is 29.7. The number of carbonyl (C=O) groups excluding carboxylic acids is 3. The van der Waals surface area contributed by atoms with Crippen molar-refractivity contribution in [2.45, 2.75) is 288 Å². The van der Waals surface area contributed by atoms with Crippen LogP contribution in [0.25, 0.3) is 0 Å². The number of carboxylic acids is 3. The molecule has 21 nitrogen and oxygen atoms in total. The Morgan fingerprint density at radius 3 is 1.10 bits per heavy atom. The summed E-state index contributed by atoms with van der Waals surface area (Å²) in [6.45, 7) is 6.22. The molecule has 15 atom stereocenters. The number of aliphatic hydroxyl groups is 6. The largest absolute Gasteiger partial charge is 0.482 e. The van der Waals surface area contributed by atoms with Crippen LogP contribution < -0.4 is 14.2 Å². The molecule has 9 aliphatic carbocycles. The Morgan fingerprint density at radius 1 is 0.411 bits per heavy atom. The van der Waals surface area contributed by atoms with E-state index in [4.69, 9.17) is 43.7 Å². The standard InChI is InChI=1S/2C29H42O7.C28H40O7/c1-2-3-4-7-22(30)9-10-23-24-13-19-6-5-8-27(25(19)14-20(24)15-26(23)31)35-17-28(32)36-16-18-11-21(12-18)29(33)34;1-2-3-4-7-21(30)9-10-23-24-14-19-6-5-8-27(25(19)15-20(24)16-26(23)31)35-17-29(34)36-22-11-18(12-22)13-28(32)33;1-2-3-4-7-20(29)9-10-22-23-13-17-6-5-8-26(24(17)14-18(23)15-25(22)30)34-16-27(31)35-21-11-19(12-21)28(32)33/h5-6,8,18,20-24,26,30-31H,2-4,7,9-17H2,1H3,(H,33,34);5-6,8,18,20-24,26,30-31H,2-4,7,9-17H2,1H3,(H,32,33);5-6,8,18-23,25,29-30H,2-4,7,9-16H2,1H3,(H,32,33)/t18?,20-,21?,22-,23+,24-,26+;18?,20-,21-,22?,23+,24-,26+;18-,19?,20-,21?,22+,23-,25+/m000/s1. The first-order valence-electron chi connectivity index (χ1n) is 41.1. The highest BCUT2D eigenvalue weighted by Gasteiger charge is 2.49. The number of esters is 3. The molecule has 9 N–H and O–H groups in total. The Hall–Kier alpha value is -6.36. The number of aliphatic carboxylic acids is 3. The quantitative estimate of drug-likeness (QED) is 0.0146. The van der Waals surface area contributed by atoms with Crippen molar-refractivity contribution < 1.29 is 103 Å². The van der Waals surface area contributed by atoms with Crippen molar-refractivity contribution >= 4 is 35.8 Å². The van der Waals surface area contributed by atoms with Gasteiger partial charge in [0.25, 0.3) is 0 Å². The summed E-state index contributed by atoms with van der Waals surface area (Å²) in [5.41, 5.74) is 7.03. The lowest BCUT2D eigenvalue weighted by molar-refractivity contribution is -0.165. The summed E-state index contributed by atoms with van der Waals surface area (Å²) >= 11 is 0. The van der Waals surface area contributed by atoms with Crippen LogP contribution in [-0.2, 0) is 81.5 Å². The lowest BCUT2D eigenvalue weighted by Gasteiger charge is -2.34. The SMILES string of the molecule is CCCCC[C@H](O)CC[C@@H]1[C@H]2Cc3cccc(OCC(=O)OC4CC(C(=O)O)C4)c3C[C@H]2C[C@H]1O.CCCCC[C@H](O)CC[C@@H]1[C@H]2Cc3cccc(OCC(=O)OC4CC(CC(=O)O)C4)c3C[C@H]2C[C@H]1O.CCCCC[C@H](O)CC[C@@H]1[C@H]2Cc3cccc(OCC(=O)OCC4CC(C(=O)O)C4)c3C[C@H]2C[C@H]1O. The summed E-state index contributed by atoms with van der Waals surface area (Å²) in [7, 11) is 0. The van der Waals surface area contributed by atoms with Crippen molar-refractivity contribution in [3.63, 3.8) is 0 Å². The van der Waals surface area contributed by atoms with Gasteiger partial charge >= 0.3 is 35.8 Å². The fourth-order valence-corrected chi connectivity index (χ4v) is 19.5. The van der Waals surface area contributed by atoms with Crippen LogP contribution in [0.5, 0.6) is 17.2 Å². The topological polar surface area (TPSA) is 340 Å². The fraction of sp³-hybridized carbons (Fsp3) is 0.721. The molecule has 3 aromatic rings. The average molecular weight is 1490 g/mol. The molecule has 0 aromatic heterocycles. The Morgan fingerprint density at radius 2 is 0.757 bits per heavy atom. The summed E-state index contributed by atoms with van der Waals surface area (Å²) in [6.07, 6.45) is 25.7. The van der Waals surface area contributed by atoms with Gasteiger partial charge in [-0.25, -0.2) is 14.4 Å². The van der Waals surface area contributed by atoms with Crippen LogP contribution in [0, 0.1) is 76.9 Å². The van der Waals surface area contributed by atoms with Crippen molar-refractivity contribution in [1.29, 1.82) is 0 Å². The molecular weight excluding hydrogens is 1370 g/mol. The molecule has 6 fully saturated rings. The highest BCUT2D eigenvalue weighted by Crippen LogP contribution is 2.52. The number of hydrogen-bond acceptors (Lipinski definition) is 18. The predicted octanol–water partition coefficient (Wildman–Crippen LogP) is 12.4. The molecule has 0 radical (unpaired) electrons. The van der Waals surface area contributed by atoms with E-state index in [1.165, 1.54) is 16.7 Å². The molecular formula is C86H124O21. The summed E-state index contributed by atoms with van der Waals surface area (Å²) in [5, 5.41) is 90.4. The number of rotatable bonds is 38. The smallest absolute Gasteiger partial charge is 0.344 e. The molecule has 6 saturated carbocycles. The van der Waals surface area contributed by atoms with Gasteiger partial charge in [-0.15, -0.1) is 0 Å². The van der Waals surface area contributed by atoms with E-state index in [0.29, 0.717) is 91.3 Å². The number of carboxylic acid groups (broad SMARTS) is 3. The van der Waals surface area contributed by atoms with E-state index < -0.39 is 41.7 Å². The van der Waals surface area contributed by atoms with Gasteiger partial charge in [-0.2, -0.15) is 0 Å². The number of unbranched alkanes of at least 4 members (excludes halogenated alkanes) is 6. The highest BCUT2D eigenvalue weighted by molar-refractivity contribution is 5.74. The van der Waals surface area contributed by atoms with Crippen molar-refractivity contribution in [2.75, 3.05) is 26.4 Å². The molecule has 107 heavy (non-hydrogen) atoms. The Kier molecular flexibility index (Phi) is 31.5. The molecule has 0 saturated heterocycles. The molecule has 0 amide bonds. The van der Waals surface area contributed by atoms with Gasteiger partial charge in [0, 0.05) is 6.42 Å². The van der Waals surface area contributed by atoms with Crippen LogP contribution in [0.3, 0.4) is 0 Å². The van der Waals surface area contributed by atoms with Crippen LogP contribution in [-0.4, -0.2) is 157 Å². The van der Waals surface area contributed by atoms with E-state index in [2.05, 4.69) is 39.0 Å². The molecule has 0 bridgehead atoms. The van der Waals surface area contributed by atoms with Gasteiger partial charge in [0.1, 0.15) is 29.5 Å². The number of fused-ring (bicyclic) bond motifs is 6. The highest BCUT2D eigenvalue weighted by atomic mass is 16.6. The summed E-state index contributed by atoms with van der Waals surface area (Å²) in [6, 6.07) is 17.9. The molecule has 0 aliphatic heterocycles. The molecule has 21 heteroatoms. The third kappa shape index (κ3) is 23.4. The van der Waals surface area contributed by atoms with Gasteiger partial charge in [0.15, 0.2) is 19.8 Å². The second kappa shape index (κ2) is 40.5. The summed E-state index contributed by atoms with van der Waals surface area (Å²) < 4.78 is 33.7. The lowest BCUT2D eigenvalue weighted by atomic mass is 9.73. The molecule has 0 unspecified atom stereocenters. The van der Waals surface area contributed by atoms with Crippen LogP contribution in [0.4, 0.5) is 0 Å². The van der Waals surface area contributed by atoms with E-state index >= 15 is 0 Å². The molecule has 9 aliphatic rings. The van der Waals surface area contributed by atoms with E-state index in [-0.39, 0.29) is 117 Å². The Balaban J connectivity index is 0.000000172. The fourth-order valence-electron chi connectivity index (χ4n) is 19.5. The first-order valence-corrected chi connectivity index (χ1v) is 41.1. The Bertz CT molecular complexity index is 3350. The molecule has 594 valence electrons. The molecule has 3 aromatic carbocycles. The third-order valence-electron chi connectivity index (χ3n) is 25.8. The molecule has 0 spiro atoms. The van der Waals surface area contributed by atoms with E-state index in [0.717, 1.165) is 190 Å². The molecule has 0 heterocycles. The summed E-state index contributed by atoms with van der Waals surface area (Å²) in [4.78, 5) is 69.2. The predicted molar refractivity (Wildman–Crippen MR) is 399 cm³/mol. The van der Waals surface area contributed by atoms with Crippen LogP contribution in [0.1, 0.15) is 234 Å². The zero-order valence-corrected chi connectivity index (χ0v) is 63.6. The Labute approximate surface area is 632 Å². The number of carbonyl (C=O) groups is 6. The molecule has 12 rings (SSSR count). The lowest BCUT2D eigenvalue weighted by Crippen LogP contribution is -2.38. The van der Waals surface area contributed by atoms with E-state index in [1.807, 2.05) is 36.4 Å². The van der Waals surface area contributed by atoms with Gasteiger partial charge in [0.2, 0.25) is 0 Å². The minimum atomic E-state index is -0.842. The summed E-state index contributed by atoms with van der Waals surface area (Å²) in [5.74, 6) is 0.840. The van der Waals surface area contributed by atoms with Crippen molar-refractivity contribution in [2.24, 2.45) is 76.9 Å². The second-order valence-electron chi connectivity index (χ2n) is 33.3. The van der Waals surface area contributed by atoms with Gasteiger partial charge in [-0.1, -0.05) is 115 Å². The second-order valence-corrected chi connectivity index (χ2v) is 33.3. The van der Waals surface area contributed by atoms with Gasteiger partial charge in [0.05, 0.1) is 55.1 Å². The van der Waals surface area contributed by atoms with Gasteiger partial charge < -0.3 is 74.4 Å². The minimum absolute atomic E-state index is 0.0882. The van der Waals surface area contributed by atoms with Crippen molar-refractivity contribution in [1.82, 2.24) is 0 Å². The maximum absolute atomic E-state index is 12.3. The zero-order chi connectivity index (χ0) is 76.3. The maximum atomic E-state index is 12.3. The number of benzene rings is 3. The van der Waals surface area contributed by atoms with Crippen molar-refractivity contribution in [3.05, 3.63) is 88.0 Å². The number of hydrogen-bond donors (Lipinski definition) is 9. The minimum Gasteiger partial charge on any atom is -0.482 e. The average Bonchev–Trinajstić information content (AvgIpc) is 1.67. The monoisotopic (exact) mass is 1490 g/mol. The third-order valence-corrected chi connectivity index (χ3v) is 25.8. The number of ether oxygens (including phenoxy) is 6. The van der Waals surface area contributed by atoms with Gasteiger partial charge in [-0.3, -0.25) is 14.4 Å². The number of aliphatic hydroxyl groups excluding tert-OH is 6. The van der Waals surface area contributed by atoms with Crippen LogP contribution in [0.2, 0.25) is 0 Å². The first-order chi connectivity index (χ1) is 51.5. The van der Waals surface area contributed by atoms with Crippen LogP contribution >= 0.6 is 0 Å². The zero-order valence-electron chi connectivity index (χ0n) is 63.6.